The fourth-order valence-corrected chi connectivity index (χ4v) is 3.55. The average molecular weight is 384 g/mol. The zero-order valence-electron chi connectivity index (χ0n) is 15.3. The Bertz CT molecular complexity index is 763. The quantitative estimate of drug-likeness (QED) is 0.839. The van der Waals surface area contributed by atoms with Crippen LogP contribution >= 0.6 is 0 Å². The van der Waals surface area contributed by atoms with E-state index in [-0.39, 0.29) is 17.1 Å². The normalized spacial score (nSPS) is 25.3. The van der Waals surface area contributed by atoms with E-state index in [1.54, 1.807) is 24.3 Å². The molecular weight excluding hydrogens is 361 g/mol. The Kier molecular flexibility index (Phi) is 5.12. The summed E-state index contributed by atoms with van der Waals surface area (Å²) in [6, 6.07) is 5.16. The zero-order chi connectivity index (χ0) is 19.8. The molecule has 0 saturated carbocycles. The fourth-order valence-electron chi connectivity index (χ4n) is 3.55. The minimum absolute atomic E-state index is 0.149. The summed E-state index contributed by atoms with van der Waals surface area (Å²) in [6.45, 7) is 3.17. The Morgan fingerprint density at radius 3 is 2.74 bits per heavy atom. The van der Waals surface area contributed by atoms with Gasteiger partial charge in [0.15, 0.2) is 6.61 Å². The maximum absolute atomic E-state index is 13.8. The van der Waals surface area contributed by atoms with Gasteiger partial charge in [-0.1, -0.05) is 18.6 Å². The van der Waals surface area contributed by atoms with Crippen LogP contribution in [-0.4, -0.2) is 34.5 Å². The van der Waals surface area contributed by atoms with Crippen LogP contribution < -0.4 is 10.2 Å². The highest BCUT2D eigenvalue weighted by atomic mass is 19.4. The van der Waals surface area contributed by atoms with Gasteiger partial charge in [0.25, 0.3) is 11.6 Å². The van der Waals surface area contributed by atoms with Crippen molar-refractivity contribution in [2.45, 2.75) is 51.4 Å². The molecule has 148 valence electrons. The predicted octanol–water partition coefficient (Wildman–Crippen LogP) is 3.35. The minimum Gasteiger partial charge on any atom is -0.484 e. The topological polar surface area (TPSA) is 61.8 Å². The number of carbonyl (C=O) groups is 1. The van der Waals surface area contributed by atoms with Crippen molar-refractivity contribution in [2.75, 3.05) is 6.61 Å². The molecule has 5 nitrogen and oxygen atoms in total. The Balaban J connectivity index is 1.81. The molecule has 2 atom stereocenters. The zero-order valence-corrected chi connectivity index (χ0v) is 15.3. The van der Waals surface area contributed by atoms with Gasteiger partial charge in [-0.15, -0.1) is 0 Å². The number of halogens is 3. The number of nitrogens with one attached hydrogen (secondary N) is 1. The highest BCUT2D eigenvalue weighted by molar-refractivity contribution is 5.79. The molecule has 1 aliphatic heterocycles. The van der Waals surface area contributed by atoms with E-state index in [4.69, 9.17) is 4.74 Å². The number of fused-ring (bicyclic) bond motifs is 1. The lowest BCUT2D eigenvalue weighted by molar-refractivity contribution is -0.318. The predicted molar refractivity (Wildman–Crippen MR) is 92.4 cm³/mol. The van der Waals surface area contributed by atoms with Gasteiger partial charge >= 0.3 is 6.18 Å². The molecule has 1 amide bonds. The van der Waals surface area contributed by atoms with Crippen LogP contribution in [0.15, 0.2) is 30.0 Å². The molecule has 2 aliphatic rings. The number of amides is 1. The van der Waals surface area contributed by atoms with Crippen molar-refractivity contribution in [1.82, 2.24) is 10.4 Å². The van der Waals surface area contributed by atoms with Crippen molar-refractivity contribution in [3.05, 3.63) is 41.1 Å². The smallest absolute Gasteiger partial charge is 0.439 e. The molecule has 0 aromatic heterocycles. The number of ether oxygens (including phenoxy) is 1. The van der Waals surface area contributed by atoms with Crippen LogP contribution in [0.3, 0.4) is 0 Å². The molecule has 2 N–H and O–H groups in total. The number of rotatable bonds is 3. The minimum atomic E-state index is -5.00. The standard InChI is InChI=1S/C19H23F3N2O3/c1-12-8-9-14(10-13(12)2)27-11-17(25)24-18(26,19(20,21)22)15-6-4-3-5-7-16(15)23-24/h7-10,15,23,26H,3-6,11H2,1-2H3/t15-,18-/m0/s1. The Morgan fingerprint density at radius 2 is 2.07 bits per heavy atom. The van der Waals surface area contributed by atoms with Crippen LogP contribution in [0.1, 0.15) is 36.8 Å². The maximum atomic E-state index is 13.8. The summed E-state index contributed by atoms with van der Waals surface area (Å²) < 4.78 is 46.7. The summed E-state index contributed by atoms with van der Waals surface area (Å²) in [6.07, 6.45) is -1.32. The van der Waals surface area contributed by atoms with Gasteiger partial charge in [0, 0.05) is 5.70 Å². The number of hydrogen-bond donors (Lipinski definition) is 2. The largest absolute Gasteiger partial charge is 0.484 e. The van der Waals surface area contributed by atoms with Gasteiger partial charge in [-0.25, -0.2) is 5.01 Å². The molecule has 8 heteroatoms. The lowest BCUT2D eigenvalue weighted by Gasteiger charge is -2.36. The lowest BCUT2D eigenvalue weighted by Crippen LogP contribution is -2.63. The van der Waals surface area contributed by atoms with Crippen molar-refractivity contribution in [1.29, 1.82) is 0 Å². The molecule has 1 aliphatic carbocycles. The van der Waals surface area contributed by atoms with Crippen molar-refractivity contribution in [3.63, 3.8) is 0 Å². The number of benzene rings is 1. The molecular formula is C19H23F3N2O3. The number of aryl methyl sites for hydroxylation is 2. The molecule has 0 spiro atoms. The summed E-state index contributed by atoms with van der Waals surface area (Å²) >= 11 is 0. The van der Waals surface area contributed by atoms with Gasteiger partial charge in [0.1, 0.15) is 5.75 Å². The van der Waals surface area contributed by atoms with Crippen LogP contribution in [-0.2, 0) is 4.79 Å². The molecule has 0 bridgehead atoms. The van der Waals surface area contributed by atoms with E-state index in [0.717, 1.165) is 17.5 Å². The van der Waals surface area contributed by atoms with Gasteiger partial charge in [0.05, 0.1) is 5.92 Å². The third-order valence-corrected chi connectivity index (χ3v) is 5.26. The van der Waals surface area contributed by atoms with E-state index in [0.29, 0.717) is 18.6 Å². The van der Waals surface area contributed by atoms with E-state index < -0.39 is 30.3 Å². The molecule has 27 heavy (non-hydrogen) atoms. The molecule has 0 unspecified atom stereocenters. The number of nitrogens with zero attached hydrogens (tertiary/aromatic N) is 1. The van der Waals surface area contributed by atoms with Crippen molar-refractivity contribution in [3.8, 4) is 5.75 Å². The van der Waals surface area contributed by atoms with Crippen LogP contribution in [0.25, 0.3) is 0 Å². The molecule has 1 aromatic carbocycles. The molecule has 1 saturated heterocycles. The highest BCUT2D eigenvalue weighted by Gasteiger charge is 2.68. The van der Waals surface area contributed by atoms with Crippen molar-refractivity contribution < 1.29 is 27.8 Å². The van der Waals surface area contributed by atoms with Crippen LogP contribution in [0, 0.1) is 19.8 Å². The van der Waals surface area contributed by atoms with E-state index in [2.05, 4.69) is 5.43 Å². The van der Waals surface area contributed by atoms with Crippen molar-refractivity contribution >= 4 is 5.91 Å². The molecule has 3 rings (SSSR count). The number of aliphatic hydroxyl groups is 1. The average Bonchev–Trinajstić information content (AvgIpc) is 2.75. The van der Waals surface area contributed by atoms with Gasteiger partial charge in [-0.2, -0.15) is 13.2 Å². The first-order chi connectivity index (χ1) is 12.6. The van der Waals surface area contributed by atoms with Crippen molar-refractivity contribution in [2.24, 2.45) is 5.92 Å². The molecule has 1 aromatic rings. The summed E-state index contributed by atoms with van der Waals surface area (Å²) in [5.74, 6) is -1.82. The monoisotopic (exact) mass is 384 g/mol. The Hall–Kier alpha value is -2.22. The first-order valence-corrected chi connectivity index (χ1v) is 8.93. The van der Waals surface area contributed by atoms with Crippen LogP contribution in [0.4, 0.5) is 13.2 Å². The second kappa shape index (κ2) is 7.07. The van der Waals surface area contributed by atoms with Crippen LogP contribution in [0.2, 0.25) is 0 Å². The fraction of sp³-hybridized carbons (Fsp3) is 0.526. The first kappa shape index (κ1) is 19.5. The number of carbonyl (C=O) groups excluding carboxylic acids is 1. The second-order valence-corrected chi connectivity index (χ2v) is 7.10. The Morgan fingerprint density at radius 1 is 1.33 bits per heavy atom. The van der Waals surface area contributed by atoms with E-state index in [9.17, 15) is 23.1 Å². The summed E-state index contributed by atoms with van der Waals surface area (Å²) in [5, 5.41) is 10.9. The summed E-state index contributed by atoms with van der Waals surface area (Å²) in [5.41, 5.74) is 1.42. The third-order valence-electron chi connectivity index (χ3n) is 5.26. The number of allylic oxidation sites excluding steroid dienone is 1. The maximum Gasteiger partial charge on any atom is 0.439 e. The number of hydrazine groups is 1. The summed E-state index contributed by atoms with van der Waals surface area (Å²) in [4.78, 5) is 12.5. The van der Waals surface area contributed by atoms with Gasteiger partial charge < -0.3 is 9.84 Å². The van der Waals surface area contributed by atoms with E-state index >= 15 is 0 Å². The Labute approximate surface area is 155 Å². The van der Waals surface area contributed by atoms with E-state index in [1.807, 2.05) is 13.8 Å². The van der Waals surface area contributed by atoms with Gasteiger partial charge in [-0.3, -0.25) is 10.2 Å². The molecule has 1 fully saturated rings. The number of hydrogen-bond acceptors (Lipinski definition) is 4. The molecule has 1 heterocycles. The highest BCUT2D eigenvalue weighted by Crippen LogP contribution is 2.48. The summed E-state index contributed by atoms with van der Waals surface area (Å²) in [7, 11) is 0. The number of alkyl halides is 3. The SMILES string of the molecule is Cc1ccc(OCC(=O)N2NC3=CCCCC[C@@H]3[C@]2(O)C(F)(F)F)cc1C. The van der Waals surface area contributed by atoms with Crippen LogP contribution in [0.5, 0.6) is 5.75 Å². The second-order valence-electron chi connectivity index (χ2n) is 7.10. The van der Waals surface area contributed by atoms with Gasteiger partial charge in [-0.05, 0) is 56.4 Å². The van der Waals surface area contributed by atoms with E-state index in [1.165, 1.54) is 0 Å². The third kappa shape index (κ3) is 3.50. The lowest BCUT2D eigenvalue weighted by atomic mass is 9.89. The van der Waals surface area contributed by atoms with Gasteiger partial charge in [0.2, 0.25) is 0 Å². The molecule has 0 radical (unpaired) electrons. The first-order valence-electron chi connectivity index (χ1n) is 8.93.